The molecule has 76 valence electrons. The second kappa shape index (κ2) is 4.21. The summed E-state index contributed by atoms with van der Waals surface area (Å²) >= 11 is 9.33. The van der Waals surface area contributed by atoms with Gasteiger partial charge in [-0.1, -0.05) is 17.7 Å². The lowest BCUT2D eigenvalue weighted by Crippen LogP contribution is -1.92. The Bertz CT molecular complexity index is 485. The van der Waals surface area contributed by atoms with Gasteiger partial charge in [0.25, 0.3) is 0 Å². The van der Waals surface area contributed by atoms with Crippen molar-refractivity contribution in [3.63, 3.8) is 0 Å². The van der Waals surface area contributed by atoms with Crippen LogP contribution in [0.15, 0.2) is 41.0 Å². The van der Waals surface area contributed by atoms with E-state index in [0.29, 0.717) is 10.7 Å². The molecule has 0 bridgehead atoms. The van der Waals surface area contributed by atoms with Crippen molar-refractivity contribution in [1.82, 2.24) is 4.98 Å². The van der Waals surface area contributed by atoms with Crippen molar-refractivity contribution in [2.24, 2.45) is 0 Å². The van der Waals surface area contributed by atoms with Gasteiger partial charge < -0.3 is 5.73 Å². The molecule has 2 aromatic rings. The third kappa shape index (κ3) is 2.13. The molecule has 0 aliphatic heterocycles. The summed E-state index contributed by atoms with van der Waals surface area (Å²) in [5.74, 6) is 0. The van der Waals surface area contributed by atoms with Gasteiger partial charge in [0.15, 0.2) is 0 Å². The molecule has 0 amide bonds. The summed E-state index contributed by atoms with van der Waals surface area (Å²) in [6.07, 6.45) is 1.73. The van der Waals surface area contributed by atoms with E-state index in [4.69, 9.17) is 17.3 Å². The Labute approximate surface area is 101 Å². The van der Waals surface area contributed by atoms with Gasteiger partial charge in [0, 0.05) is 21.9 Å². The van der Waals surface area contributed by atoms with Crippen LogP contribution in [0.4, 0.5) is 5.69 Å². The Morgan fingerprint density at radius 1 is 1.27 bits per heavy atom. The summed E-state index contributed by atoms with van der Waals surface area (Å²) in [7, 11) is 0. The van der Waals surface area contributed by atoms with E-state index in [-0.39, 0.29) is 0 Å². The first-order valence-corrected chi connectivity index (χ1v) is 5.51. The molecule has 15 heavy (non-hydrogen) atoms. The number of aromatic nitrogens is 1. The summed E-state index contributed by atoms with van der Waals surface area (Å²) in [5, 5.41) is 0.629. The molecule has 1 heterocycles. The van der Waals surface area contributed by atoms with Gasteiger partial charge in [-0.25, -0.2) is 0 Å². The fourth-order valence-electron chi connectivity index (χ4n) is 1.31. The van der Waals surface area contributed by atoms with Crippen molar-refractivity contribution >= 4 is 33.2 Å². The molecular formula is C11H8BrClN2. The van der Waals surface area contributed by atoms with Crippen LogP contribution in [0.3, 0.4) is 0 Å². The number of anilines is 1. The van der Waals surface area contributed by atoms with E-state index in [1.807, 2.05) is 24.3 Å². The smallest absolute Gasteiger partial charge is 0.0723 e. The minimum absolute atomic E-state index is 0.629. The second-order valence-corrected chi connectivity index (χ2v) is 4.33. The molecule has 0 radical (unpaired) electrons. The monoisotopic (exact) mass is 282 g/mol. The van der Waals surface area contributed by atoms with Crippen LogP contribution in [0.2, 0.25) is 5.02 Å². The lowest BCUT2D eigenvalue weighted by atomic mass is 10.1. The van der Waals surface area contributed by atoms with Crippen LogP contribution in [-0.2, 0) is 0 Å². The second-order valence-electron chi connectivity index (χ2n) is 3.07. The quantitative estimate of drug-likeness (QED) is 0.810. The fraction of sp³-hybridized carbons (Fsp3) is 0. The first-order chi connectivity index (χ1) is 7.18. The van der Waals surface area contributed by atoms with Gasteiger partial charge in [-0.3, -0.25) is 4.98 Å². The van der Waals surface area contributed by atoms with Crippen LogP contribution in [0.5, 0.6) is 0 Å². The predicted molar refractivity (Wildman–Crippen MR) is 66.8 cm³/mol. The van der Waals surface area contributed by atoms with Gasteiger partial charge in [-0.05, 0) is 40.2 Å². The van der Waals surface area contributed by atoms with Crippen LogP contribution >= 0.6 is 27.5 Å². The van der Waals surface area contributed by atoms with Crippen LogP contribution in [0.25, 0.3) is 11.3 Å². The first-order valence-electron chi connectivity index (χ1n) is 4.34. The van der Waals surface area contributed by atoms with E-state index in [0.717, 1.165) is 15.7 Å². The maximum absolute atomic E-state index is 6.01. The average molecular weight is 284 g/mol. The number of nitrogens with zero attached hydrogens (tertiary/aromatic N) is 1. The zero-order chi connectivity index (χ0) is 10.8. The van der Waals surface area contributed by atoms with E-state index in [2.05, 4.69) is 20.9 Å². The van der Waals surface area contributed by atoms with Crippen molar-refractivity contribution in [2.45, 2.75) is 0 Å². The Balaban J connectivity index is 2.59. The third-order valence-corrected chi connectivity index (χ3v) is 3.23. The first kappa shape index (κ1) is 10.5. The highest BCUT2D eigenvalue weighted by Gasteiger charge is 2.07. The molecule has 2 nitrogen and oxygen atoms in total. The number of rotatable bonds is 1. The molecule has 0 aliphatic carbocycles. The molecule has 0 saturated heterocycles. The lowest BCUT2D eigenvalue weighted by Gasteiger charge is -2.06. The van der Waals surface area contributed by atoms with Gasteiger partial charge in [0.05, 0.1) is 10.7 Å². The van der Waals surface area contributed by atoms with E-state index in [1.165, 1.54) is 0 Å². The predicted octanol–water partition coefficient (Wildman–Crippen LogP) is 3.75. The highest BCUT2D eigenvalue weighted by molar-refractivity contribution is 9.10. The van der Waals surface area contributed by atoms with Gasteiger partial charge in [-0.15, -0.1) is 0 Å². The van der Waals surface area contributed by atoms with Gasteiger partial charge in [-0.2, -0.15) is 0 Å². The van der Waals surface area contributed by atoms with Gasteiger partial charge >= 0.3 is 0 Å². The highest BCUT2D eigenvalue weighted by atomic mass is 79.9. The third-order valence-electron chi connectivity index (χ3n) is 2.03. The van der Waals surface area contributed by atoms with Crippen molar-refractivity contribution in [1.29, 1.82) is 0 Å². The number of nitrogen functional groups attached to an aromatic ring is 1. The summed E-state index contributed by atoms with van der Waals surface area (Å²) in [5.41, 5.74) is 8.23. The standard InChI is InChI=1S/C11H8BrClN2/c12-8-6-10(14)7(5-9(8)13)11-3-1-2-4-15-11/h1-6H,14H2. The summed E-state index contributed by atoms with van der Waals surface area (Å²) < 4.78 is 0.793. The molecule has 0 saturated carbocycles. The fourth-order valence-corrected chi connectivity index (χ4v) is 1.83. The van der Waals surface area contributed by atoms with Crippen molar-refractivity contribution in [3.8, 4) is 11.3 Å². The van der Waals surface area contributed by atoms with Gasteiger partial charge in [0.1, 0.15) is 0 Å². The number of hydrogen-bond donors (Lipinski definition) is 1. The van der Waals surface area contributed by atoms with E-state index in [1.54, 1.807) is 12.3 Å². The summed E-state index contributed by atoms with van der Waals surface area (Å²) in [6, 6.07) is 9.27. The summed E-state index contributed by atoms with van der Waals surface area (Å²) in [6.45, 7) is 0. The van der Waals surface area contributed by atoms with E-state index < -0.39 is 0 Å². The normalized spacial score (nSPS) is 10.3. The Kier molecular flexibility index (Phi) is 2.93. The van der Waals surface area contributed by atoms with Crippen LogP contribution in [0.1, 0.15) is 0 Å². The van der Waals surface area contributed by atoms with Gasteiger partial charge in [0.2, 0.25) is 0 Å². The number of halogens is 2. The van der Waals surface area contributed by atoms with Crippen molar-refractivity contribution in [3.05, 3.63) is 46.0 Å². The molecule has 4 heteroatoms. The highest BCUT2D eigenvalue weighted by Crippen LogP contribution is 2.32. The Morgan fingerprint density at radius 2 is 2.07 bits per heavy atom. The van der Waals surface area contributed by atoms with Crippen molar-refractivity contribution in [2.75, 3.05) is 5.73 Å². The lowest BCUT2D eigenvalue weighted by molar-refractivity contribution is 1.33. The molecule has 2 N–H and O–H groups in total. The largest absolute Gasteiger partial charge is 0.398 e. The molecule has 0 fully saturated rings. The van der Waals surface area contributed by atoms with Crippen molar-refractivity contribution < 1.29 is 0 Å². The Morgan fingerprint density at radius 3 is 2.73 bits per heavy atom. The van der Waals surface area contributed by atoms with Crippen LogP contribution < -0.4 is 5.73 Å². The molecule has 0 spiro atoms. The molecule has 1 aromatic carbocycles. The SMILES string of the molecule is Nc1cc(Br)c(Cl)cc1-c1ccccn1. The van der Waals surface area contributed by atoms with E-state index >= 15 is 0 Å². The molecular weight excluding hydrogens is 275 g/mol. The zero-order valence-electron chi connectivity index (χ0n) is 7.74. The number of benzene rings is 1. The Hall–Kier alpha value is -1.06. The number of nitrogens with two attached hydrogens (primary N) is 1. The molecule has 0 atom stereocenters. The molecule has 0 aliphatic rings. The number of hydrogen-bond acceptors (Lipinski definition) is 2. The topological polar surface area (TPSA) is 38.9 Å². The maximum Gasteiger partial charge on any atom is 0.0723 e. The minimum atomic E-state index is 0.629. The molecule has 1 aromatic heterocycles. The maximum atomic E-state index is 6.01. The minimum Gasteiger partial charge on any atom is -0.398 e. The number of pyridine rings is 1. The average Bonchev–Trinajstić information content (AvgIpc) is 2.25. The van der Waals surface area contributed by atoms with E-state index in [9.17, 15) is 0 Å². The van der Waals surface area contributed by atoms with Crippen LogP contribution in [-0.4, -0.2) is 4.98 Å². The molecule has 0 unspecified atom stereocenters. The zero-order valence-corrected chi connectivity index (χ0v) is 10.1. The molecule has 2 rings (SSSR count). The van der Waals surface area contributed by atoms with Crippen LogP contribution in [0, 0.1) is 0 Å². The summed E-state index contributed by atoms with van der Waals surface area (Å²) in [4.78, 5) is 4.23.